The van der Waals surface area contributed by atoms with Gasteiger partial charge in [0.15, 0.2) is 10.8 Å². The highest BCUT2D eigenvalue weighted by Gasteiger charge is 2.59. The minimum atomic E-state index is -4.80. The first kappa shape index (κ1) is 24.8. The summed E-state index contributed by atoms with van der Waals surface area (Å²) in [7, 11) is 0. The molecule has 2 saturated heterocycles. The maximum Gasteiger partial charge on any atom is 0.419 e. The number of amides is 1. The average molecular weight is 540 g/mol. The Balaban J connectivity index is 1.35. The van der Waals surface area contributed by atoms with Crippen molar-refractivity contribution < 1.29 is 18.0 Å². The molecule has 2 aliphatic heterocycles. The Morgan fingerprint density at radius 2 is 1.95 bits per heavy atom. The van der Waals surface area contributed by atoms with Crippen molar-refractivity contribution in [2.45, 2.75) is 50.4 Å². The van der Waals surface area contributed by atoms with Crippen LogP contribution in [0.2, 0.25) is 0 Å². The van der Waals surface area contributed by atoms with Crippen LogP contribution in [0.5, 0.6) is 0 Å². The predicted octanol–water partition coefficient (Wildman–Crippen LogP) is 4.38. The summed E-state index contributed by atoms with van der Waals surface area (Å²) >= 11 is 5.72. The molecule has 3 aliphatic rings. The van der Waals surface area contributed by atoms with Crippen LogP contribution in [-0.4, -0.2) is 44.4 Å². The molecule has 12 heteroatoms. The van der Waals surface area contributed by atoms with E-state index in [0.717, 1.165) is 67.0 Å². The van der Waals surface area contributed by atoms with Crippen molar-refractivity contribution in [3.63, 3.8) is 0 Å². The number of anilines is 2. The quantitative estimate of drug-likeness (QED) is 0.492. The zero-order valence-electron chi connectivity index (χ0n) is 20.3. The van der Waals surface area contributed by atoms with Crippen molar-refractivity contribution in [1.82, 2.24) is 20.1 Å². The minimum absolute atomic E-state index is 0.0933. The van der Waals surface area contributed by atoms with Crippen molar-refractivity contribution in [2.75, 3.05) is 22.9 Å². The summed E-state index contributed by atoms with van der Waals surface area (Å²) < 4.78 is 42.8. The summed E-state index contributed by atoms with van der Waals surface area (Å²) in [6.45, 7) is 2.85. The van der Waals surface area contributed by atoms with Gasteiger partial charge in [-0.15, -0.1) is 0 Å². The summed E-state index contributed by atoms with van der Waals surface area (Å²) in [6, 6.07) is 7.92. The molecule has 1 aromatic carbocycles. The third-order valence-electron chi connectivity index (χ3n) is 7.83. The first-order valence-corrected chi connectivity index (χ1v) is 13.0. The van der Waals surface area contributed by atoms with Gasteiger partial charge in [0.2, 0.25) is 0 Å². The van der Waals surface area contributed by atoms with E-state index in [2.05, 4.69) is 10.3 Å². The molecule has 1 spiro atoms. The molecule has 2 aromatic heterocycles. The molecule has 1 saturated carbocycles. The highest BCUT2D eigenvalue weighted by atomic mass is 32.1. The molecular formula is C26H24F3N7OS. The maximum absolute atomic E-state index is 13.7. The number of carbonyl (C=O) groups is 1. The van der Waals surface area contributed by atoms with Crippen molar-refractivity contribution in [3.05, 3.63) is 47.9 Å². The monoisotopic (exact) mass is 539 g/mol. The summed E-state index contributed by atoms with van der Waals surface area (Å²) in [5.74, 6) is 0.179. The molecule has 0 radical (unpaired) electrons. The number of nitriles is 1. The molecule has 1 aliphatic carbocycles. The number of carbonyl (C=O) groups excluding carboxylic acids is 1. The molecule has 0 unspecified atom stereocenters. The zero-order valence-corrected chi connectivity index (χ0v) is 21.1. The van der Waals surface area contributed by atoms with E-state index in [1.165, 1.54) is 6.07 Å². The van der Waals surface area contributed by atoms with Crippen LogP contribution in [0.3, 0.4) is 0 Å². The molecule has 6 rings (SSSR count). The van der Waals surface area contributed by atoms with E-state index in [0.29, 0.717) is 24.4 Å². The number of pyridine rings is 1. The second-order valence-electron chi connectivity index (χ2n) is 10.1. The number of alkyl halides is 3. The van der Waals surface area contributed by atoms with Gasteiger partial charge in [0.25, 0.3) is 5.91 Å². The van der Waals surface area contributed by atoms with E-state index >= 15 is 0 Å². The third kappa shape index (κ3) is 3.92. The summed E-state index contributed by atoms with van der Waals surface area (Å²) in [4.78, 5) is 20.3. The van der Waals surface area contributed by atoms with Gasteiger partial charge in [0.1, 0.15) is 11.6 Å². The normalized spacial score (nSPS) is 19.8. The summed E-state index contributed by atoms with van der Waals surface area (Å²) in [6.07, 6.45) is 2.36. The van der Waals surface area contributed by atoms with Gasteiger partial charge in [0, 0.05) is 23.8 Å². The second kappa shape index (κ2) is 9.03. The zero-order chi connectivity index (χ0) is 26.7. The lowest BCUT2D eigenvalue weighted by Gasteiger charge is -2.43. The van der Waals surface area contributed by atoms with Gasteiger partial charge < -0.3 is 10.2 Å². The lowest BCUT2D eigenvalue weighted by molar-refractivity contribution is -0.138. The second-order valence-corrected chi connectivity index (χ2v) is 10.5. The van der Waals surface area contributed by atoms with Gasteiger partial charge in [-0.25, -0.2) is 4.98 Å². The van der Waals surface area contributed by atoms with Crippen LogP contribution in [0, 0.1) is 17.2 Å². The predicted molar refractivity (Wildman–Crippen MR) is 138 cm³/mol. The fourth-order valence-corrected chi connectivity index (χ4v) is 6.18. The molecule has 196 valence electrons. The Kier molecular flexibility index (Phi) is 5.88. The highest BCUT2D eigenvalue weighted by molar-refractivity contribution is 7.81. The molecule has 1 amide bonds. The number of benzene rings is 1. The van der Waals surface area contributed by atoms with Crippen LogP contribution in [0.4, 0.5) is 24.5 Å². The number of aromatic nitrogens is 3. The lowest BCUT2D eigenvalue weighted by Crippen LogP contribution is -2.55. The number of piperidine rings is 1. The Hall–Kier alpha value is -3.56. The fourth-order valence-electron chi connectivity index (χ4n) is 5.71. The number of nitrogens with zero attached hydrogens (tertiary/aromatic N) is 6. The van der Waals surface area contributed by atoms with Crippen LogP contribution in [-0.2, 0) is 17.5 Å². The molecule has 1 N–H and O–H groups in total. The van der Waals surface area contributed by atoms with E-state index in [1.54, 1.807) is 4.90 Å². The molecule has 0 atom stereocenters. The number of halogens is 3. The van der Waals surface area contributed by atoms with E-state index in [4.69, 9.17) is 22.6 Å². The smallest absolute Gasteiger partial charge is 0.317 e. The lowest BCUT2D eigenvalue weighted by atomic mass is 9.75. The van der Waals surface area contributed by atoms with Crippen molar-refractivity contribution >= 4 is 45.5 Å². The largest absolute Gasteiger partial charge is 0.419 e. The van der Waals surface area contributed by atoms with Crippen LogP contribution in [0.25, 0.3) is 10.9 Å². The molecular weight excluding hydrogens is 515 g/mol. The molecule has 4 heterocycles. The van der Waals surface area contributed by atoms with Crippen molar-refractivity contribution in [2.24, 2.45) is 5.92 Å². The van der Waals surface area contributed by atoms with E-state index in [9.17, 15) is 18.0 Å². The van der Waals surface area contributed by atoms with Gasteiger partial charge in [-0.05, 0) is 87.6 Å². The van der Waals surface area contributed by atoms with Crippen LogP contribution >= 0.6 is 12.2 Å². The third-order valence-corrected chi connectivity index (χ3v) is 8.20. The number of hydrogen-bond acceptors (Lipinski definition) is 6. The number of nitrogens with one attached hydrogen (secondary N) is 1. The Bertz CT molecular complexity index is 1480. The Morgan fingerprint density at radius 1 is 1.18 bits per heavy atom. The van der Waals surface area contributed by atoms with Gasteiger partial charge in [-0.3, -0.25) is 14.4 Å². The van der Waals surface area contributed by atoms with Crippen molar-refractivity contribution in [3.8, 4) is 6.07 Å². The summed E-state index contributed by atoms with van der Waals surface area (Å²) in [5, 5.41) is 18.2. The maximum atomic E-state index is 13.7. The number of hydrogen-bond donors (Lipinski definition) is 1. The van der Waals surface area contributed by atoms with E-state index < -0.39 is 23.0 Å². The molecule has 38 heavy (non-hydrogen) atoms. The van der Waals surface area contributed by atoms with Gasteiger partial charge in [0.05, 0.1) is 23.0 Å². The standard InChI is InChI=1S/C26H24F3N7OS/c27-26(28,29)20-11-19(13-32-22(20)12-30)35-23(37)25(6-1-7-25)36(24(35)38)18-2-3-21-17(10-18)15-34(33-21)14-16-4-8-31-9-5-16/h2-3,10-11,13,15-16,31H,1,4-9,14H2. The van der Waals surface area contributed by atoms with E-state index in [1.807, 2.05) is 29.1 Å². The van der Waals surface area contributed by atoms with Crippen molar-refractivity contribution in [1.29, 1.82) is 5.26 Å². The number of rotatable bonds is 4. The van der Waals surface area contributed by atoms with Crippen LogP contribution in [0.1, 0.15) is 43.4 Å². The van der Waals surface area contributed by atoms with Gasteiger partial charge in [-0.1, -0.05) is 0 Å². The molecule has 8 nitrogen and oxygen atoms in total. The molecule has 0 bridgehead atoms. The van der Waals surface area contributed by atoms with Gasteiger partial charge in [-0.2, -0.15) is 23.5 Å². The van der Waals surface area contributed by atoms with Gasteiger partial charge >= 0.3 is 6.18 Å². The topological polar surface area (TPSA) is 90.1 Å². The first-order valence-electron chi connectivity index (χ1n) is 12.6. The van der Waals surface area contributed by atoms with Crippen LogP contribution in [0.15, 0.2) is 36.7 Å². The molecule has 3 aromatic rings. The van der Waals surface area contributed by atoms with Crippen LogP contribution < -0.4 is 15.1 Å². The number of thiocarbonyl (C=S) groups is 1. The first-order chi connectivity index (χ1) is 18.2. The highest BCUT2D eigenvalue weighted by Crippen LogP contribution is 2.48. The Labute approximate surface area is 222 Å². The van der Waals surface area contributed by atoms with E-state index in [-0.39, 0.29) is 16.7 Å². The summed E-state index contributed by atoms with van der Waals surface area (Å²) in [5.41, 5.74) is -1.49. The SMILES string of the molecule is N#Cc1ncc(N2C(=O)C3(CCC3)N(c3ccc4nn(CC5CCNCC5)cc4c3)C2=S)cc1C(F)(F)F. The average Bonchev–Trinajstić information content (AvgIpc) is 3.37. The fraction of sp³-hybridized carbons (Fsp3) is 0.423. The Morgan fingerprint density at radius 3 is 2.61 bits per heavy atom. The number of fused-ring (bicyclic) bond motifs is 1. The molecule has 3 fully saturated rings. The minimum Gasteiger partial charge on any atom is -0.317 e.